The quantitative estimate of drug-likeness (QED) is 0.437. The minimum absolute atomic E-state index is 0.109. The van der Waals surface area contributed by atoms with Crippen LogP contribution in [0.25, 0.3) is 0 Å². The molecule has 0 spiro atoms. The normalized spacial score (nSPS) is 13.7. The highest BCUT2D eigenvalue weighted by Crippen LogP contribution is 2.35. The first-order valence-corrected chi connectivity index (χ1v) is 10.1. The Kier molecular flexibility index (Phi) is 5.65. The van der Waals surface area contributed by atoms with Crippen LogP contribution in [0.4, 0.5) is 27.4 Å². The molecule has 4 rings (SSSR count). The van der Waals surface area contributed by atoms with Gasteiger partial charge in [-0.2, -0.15) is 0 Å². The summed E-state index contributed by atoms with van der Waals surface area (Å²) in [7, 11) is 0. The molecular formula is C21H22ClFN6O2. The van der Waals surface area contributed by atoms with Crippen LogP contribution in [0.15, 0.2) is 36.8 Å². The first kappa shape index (κ1) is 21.2. The van der Waals surface area contributed by atoms with Gasteiger partial charge < -0.3 is 15.3 Å². The molecule has 162 valence electrons. The standard InChI is InChI=1S/C21H22ClFN6O2/c1-21(2,30)12-3-6-17(24-9-12)27-20-13-7-8-29(10-15(13)25-11-26-20)16-5-4-14(28-31)18(22)19(16)23/h3-6,9,11,28,30-31H,7-8,10H2,1-2H3,(H,24,25,26,27). The average Bonchev–Trinajstić information content (AvgIpc) is 2.75. The maximum Gasteiger partial charge on any atom is 0.167 e. The summed E-state index contributed by atoms with van der Waals surface area (Å²) < 4.78 is 14.7. The molecule has 2 aromatic heterocycles. The summed E-state index contributed by atoms with van der Waals surface area (Å²) >= 11 is 5.99. The summed E-state index contributed by atoms with van der Waals surface area (Å²) in [5, 5.41) is 22.1. The lowest BCUT2D eigenvalue weighted by molar-refractivity contribution is 0.0782. The van der Waals surface area contributed by atoms with Crippen LogP contribution in [0, 0.1) is 5.82 Å². The zero-order chi connectivity index (χ0) is 22.2. The van der Waals surface area contributed by atoms with Gasteiger partial charge in [-0.3, -0.25) is 10.7 Å². The summed E-state index contributed by atoms with van der Waals surface area (Å²) in [6, 6.07) is 6.68. The van der Waals surface area contributed by atoms with E-state index in [1.54, 1.807) is 32.2 Å². The van der Waals surface area contributed by atoms with Gasteiger partial charge in [0.1, 0.15) is 23.0 Å². The molecule has 0 bridgehead atoms. The van der Waals surface area contributed by atoms with E-state index < -0.39 is 11.4 Å². The SMILES string of the molecule is CC(C)(O)c1ccc(Nc2ncnc3c2CCN(c2ccc(NO)c(Cl)c2F)C3)nc1. The number of anilines is 4. The first-order valence-electron chi connectivity index (χ1n) is 9.69. The molecule has 0 unspecified atom stereocenters. The Morgan fingerprint density at radius 3 is 2.65 bits per heavy atom. The van der Waals surface area contributed by atoms with Crippen molar-refractivity contribution in [3.8, 4) is 0 Å². The molecule has 3 aromatic rings. The van der Waals surface area contributed by atoms with E-state index in [1.807, 2.05) is 16.4 Å². The number of aliphatic hydroxyl groups is 1. The second-order valence-corrected chi connectivity index (χ2v) is 8.19. The van der Waals surface area contributed by atoms with Crippen molar-refractivity contribution in [2.45, 2.75) is 32.4 Å². The zero-order valence-corrected chi connectivity index (χ0v) is 17.8. The third-order valence-electron chi connectivity index (χ3n) is 5.25. The molecule has 0 amide bonds. The first-order chi connectivity index (χ1) is 14.8. The maximum atomic E-state index is 14.7. The lowest BCUT2D eigenvalue weighted by Crippen LogP contribution is -2.32. The molecule has 10 heteroatoms. The van der Waals surface area contributed by atoms with E-state index in [-0.39, 0.29) is 10.7 Å². The molecular weight excluding hydrogens is 423 g/mol. The van der Waals surface area contributed by atoms with Crippen molar-refractivity contribution >= 4 is 34.6 Å². The Labute approximate surface area is 183 Å². The van der Waals surface area contributed by atoms with Gasteiger partial charge in [-0.25, -0.2) is 19.3 Å². The van der Waals surface area contributed by atoms with Gasteiger partial charge in [0.2, 0.25) is 0 Å². The number of halogens is 2. The van der Waals surface area contributed by atoms with Gasteiger partial charge in [-0.05, 0) is 38.5 Å². The highest BCUT2D eigenvalue weighted by Gasteiger charge is 2.25. The van der Waals surface area contributed by atoms with Crippen LogP contribution in [0.5, 0.6) is 0 Å². The molecule has 4 N–H and O–H groups in total. The molecule has 31 heavy (non-hydrogen) atoms. The summed E-state index contributed by atoms with van der Waals surface area (Å²) in [4.78, 5) is 14.9. The molecule has 0 aliphatic carbocycles. The van der Waals surface area contributed by atoms with Crippen molar-refractivity contribution in [1.82, 2.24) is 15.0 Å². The molecule has 0 fully saturated rings. The van der Waals surface area contributed by atoms with Crippen LogP contribution in [0.1, 0.15) is 30.7 Å². The van der Waals surface area contributed by atoms with Gasteiger partial charge in [0, 0.05) is 23.9 Å². The Bertz CT molecular complexity index is 1100. The van der Waals surface area contributed by atoms with Crippen molar-refractivity contribution in [3.05, 3.63) is 64.5 Å². The number of fused-ring (bicyclic) bond motifs is 1. The topological polar surface area (TPSA) is 106 Å². The fourth-order valence-electron chi connectivity index (χ4n) is 3.49. The van der Waals surface area contributed by atoms with Gasteiger partial charge in [-0.15, -0.1) is 0 Å². The van der Waals surface area contributed by atoms with Crippen LogP contribution in [-0.4, -0.2) is 31.8 Å². The minimum atomic E-state index is -0.966. The number of hydrogen-bond acceptors (Lipinski definition) is 8. The van der Waals surface area contributed by atoms with Crippen molar-refractivity contribution in [2.75, 3.05) is 22.2 Å². The molecule has 3 heterocycles. The highest BCUT2D eigenvalue weighted by molar-refractivity contribution is 6.33. The number of nitrogens with zero attached hydrogens (tertiary/aromatic N) is 4. The number of rotatable bonds is 5. The van der Waals surface area contributed by atoms with Gasteiger partial charge in [0.25, 0.3) is 0 Å². The van der Waals surface area contributed by atoms with Gasteiger partial charge >= 0.3 is 0 Å². The molecule has 0 radical (unpaired) electrons. The monoisotopic (exact) mass is 444 g/mol. The van der Waals surface area contributed by atoms with E-state index >= 15 is 0 Å². The predicted molar refractivity (Wildman–Crippen MR) is 116 cm³/mol. The maximum absolute atomic E-state index is 14.7. The van der Waals surface area contributed by atoms with E-state index in [2.05, 4.69) is 20.3 Å². The van der Waals surface area contributed by atoms with Crippen molar-refractivity contribution < 1.29 is 14.7 Å². The summed E-state index contributed by atoms with van der Waals surface area (Å²) in [6.07, 6.45) is 3.67. The molecule has 8 nitrogen and oxygen atoms in total. The highest BCUT2D eigenvalue weighted by atomic mass is 35.5. The summed E-state index contributed by atoms with van der Waals surface area (Å²) in [6.45, 7) is 4.33. The van der Waals surface area contributed by atoms with E-state index in [4.69, 9.17) is 16.8 Å². The molecule has 0 saturated heterocycles. The van der Waals surface area contributed by atoms with Crippen molar-refractivity contribution in [3.63, 3.8) is 0 Å². The Morgan fingerprint density at radius 1 is 1.16 bits per heavy atom. The number of pyridine rings is 1. The van der Waals surface area contributed by atoms with Crippen LogP contribution in [0.2, 0.25) is 5.02 Å². The fraction of sp³-hybridized carbons (Fsp3) is 0.286. The third kappa shape index (κ3) is 4.25. The van der Waals surface area contributed by atoms with Gasteiger partial charge in [0.05, 0.1) is 29.2 Å². The Balaban J connectivity index is 1.56. The summed E-state index contributed by atoms with van der Waals surface area (Å²) in [5.74, 6) is 0.639. The van der Waals surface area contributed by atoms with Gasteiger partial charge in [-0.1, -0.05) is 17.7 Å². The smallest absolute Gasteiger partial charge is 0.167 e. The van der Waals surface area contributed by atoms with Gasteiger partial charge in [0.15, 0.2) is 5.82 Å². The fourth-order valence-corrected chi connectivity index (χ4v) is 3.69. The van der Waals surface area contributed by atoms with Crippen LogP contribution >= 0.6 is 11.6 Å². The number of nitrogens with one attached hydrogen (secondary N) is 2. The van der Waals surface area contributed by atoms with E-state index in [0.29, 0.717) is 42.4 Å². The number of hydrogen-bond donors (Lipinski definition) is 4. The summed E-state index contributed by atoms with van der Waals surface area (Å²) in [5.41, 5.74) is 3.79. The predicted octanol–water partition coefficient (Wildman–Crippen LogP) is 4.00. The molecule has 0 atom stereocenters. The van der Waals surface area contributed by atoms with Crippen molar-refractivity contribution in [1.29, 1.82) is 0 Å². The lowest BCUT2D eigenvalue weighted by atomic mass is 10.0. The lowest BCUT2D eigenvalue weighted by Gasteiger charge is -2.31. The van der Waals surface area contributed by atoms with E-state index in [9.17, 15) is 9.50 Å². The average molecular weight is 445 g/mol. The minimum Gasteiger partial charge on any atom is -0.386 e. The third-order valence-corrected chi connectivity index (χ3v) is 5.62. The van der Waals surface area contributed by atoms with Crippen LogP contribution in [0.3, 0.4) is 0 Å². The molecule has 1 aliphatic heterocycles. The Morgan fingerprint density at radius 2 is 1.97 bits per heavy atom. The second kappa shape index (κ2) is 8.26. The van der Waals surface area contributed by atoms with E-state index in [1.165, 1.54) is 12.4 Å². The zero-order valence-electron chi connectivity index (χ0n) is 17.0. The number of benzene rings is 1. The molecule has 0 saturated carbocycles. The van der Waals surface area contributed by atoms with Crippen LogP contribution in [-0.2, 0) is 18.6 Å². The largest absolute Gasteiger partial charge is 0.386 e. The second-order valence-electron chi connectivity index (χ2n) is 7.81. The Hall–Kier alpha value is -3.01. The molecule has 1 aliphatic rings. The van der Waals surface area contributed by atoms with Crippen LogP contribution < -0.4 is 15.7 Å². The van der Waals surface area contributed by atoms with E-state index in [0.717, 1.165) is 11.3 Å². The van der Waals surface area contributed by atoms with Crippen molar-refractivity contribution in [2.24, 2.45) is 0 Å². The number of aromatic nitrogens is 3. The molecule has 1 aromatic carbocycles.